The highest BCUT2D eigenvalue weighted by atomic mass is 35.5. The quantitative estimate of drug-likeness (QED) is 0.233. The summed E-state index contributed by atoms with van der Waals surface area (Å²) in [4.78, 5) is 37.9. The molecule has 3 amide bonds. The number of anilines is 2. The molecule has 3 aromatic rings. The van der Waals surface area contributed by atoms with Gasteiger partial charge in [0.2, 0.25) is 0 Å². The second-order valence-electron chi connectivity index (χ2n) is 10.2. The molecule has 11 heteroatoms. The van der Waals surface area contributed by atoms with E-state index in [1.807, 2.05) is 24.3 Å². The first-order valence-corrected chi connectivity index (χ1v) is 14.0. The normalized spacial score (nSPS) is 13.8. The van der Waals surface area contributed by atoms with E-state index in [2.05, 4.69) is 10.6 Å². The molecule has 0 unspecified atom stereocenters. The van der Waals surface area contributed by atoms with Gasteiger partial charge in [-0.05, 0) is 72.4 Å². The van der Waals surface area contributed by atoms with Crippen molar-refractivity contribution in [2.75, 3.05) is 16.8 Å². The van der Waals surface area contributed by atoms with Gasteiger partial charge in [0.1, 0.15) is 0 Å². The first kappa shape index (κ1) is 30.9. The maximum Gasteiger partial charge on any atom is 0.416 e. The molecule has 1 fully saturated rings. The van der Waals surface area contributed by atoms with Gasteiger partial charge in [-0.3, -0.25) is 14.5 Å². The average Bonchev–Trinajstić information content (AvgIpc) is 2.97. The van der Waals surface area contributed by atoms with E-state index >= 15 is 0 Å². The smallest absolute Gasteiger partial charge is 0.416 e. The molecular formula is C31H31ClF3N3O4. The van der Waals surface area contributed by atoms with Gasteiger partial charge >= 0.3 is 18.2 Å². The zero-order chi connectivity index (χ0) is 30.3. The minimum atomic E-state index is -4.61. The Bertz CT molecular complexity index is 1410. The van der Waals surface area contributed by atoms with Crippen molar-refractivity contribution in [2.24, 2.45) is 0 Å². The largest absolute Gasteiger partial charge is 0.481 e. The van der Waals surface area contributed by atoms with Crippen molar-refractivity contribution in [3.05, 3.63) is 94.0 Å². The second kappa shape index (κ2) is 13.7. The van der Waals surface area contributed by atoms with Crippen molar-refractivity contribution in [3.63, 3.8) is 0 Å². The Hall–Kier alpha value is -4.05. The Balaban J connectivity index is 1.57. The number of halogens is 4. The van der Waals surface area contributed by atoms with E-state index in [1.54, 1.807) is 24.3 Å². The van der Waals surface area contributed by atoms with Crippen LogP contribution in [0, 0.1) is 0 Å². The fourth-order valence-corrected chi connectivity index (χ4v) is 5.12. The molecule has 0 heterocycles. The van der Waals surface area contributed by atoms with Crippen LogP contribution in [0.2, 0.25) is 5.02 Å². The molecule has 4 rings (SSSR count). The van der Waals surface area contributed by atoms with Gasteiger partial charge in [0.15, 0.2) is 0 Å². The molecule has 0 bridgehead atoms. The summed E-state index contributed by atoms with van der Waals surface area (Å²) in [5, 5.41) is 13.8. The number of carboxylic acids is 1. The highest BCUT2D eigenvalue weighted by molar-refractivity contribution is 6.33. The number of hydrogen-bond donors (Lipinski definition) is 3. The van der Waals surface area contributed by atoms with E-state index in [9.17, 15) is 27.6 Å². The van der Waals surface area contributed by atoms with Crippen molar-refractivity contribution >= 4 is 40.9 Å². The van der Waals surface area contributed by atoms with Crippen molar-refractivity contribution in [1.82, 2.24) is 5.32 Å². The Morgan fingerprint density at radius 1 is 0.929 bits per heavy atom. The number of carbonyl (C=O) groups is 3. The lowest BCUT2D eigenvalue weighted by Crippen LogP contribution is -2.34. The molecule has 222 valence electrons. The zero-order valence-corrected chi connectivity index (χ0v) is 23.5. The molecule has 0 saturated heterocycles. The van der Waals surface area contributed by atoms with Crippen LogP contribution in [0.15, 0.2) is 66.7 Å². The minimum absolute atomic E-state index is 0.0151. The number of carbonyl (C=O) groups excluding carboxylic acids is 2. The Morgan fingerprint density at radius 2 is 1.60 bits per heavy atom. The third-order valence-corrected chi connectivity index (χ3v) is 7.57. The van der Waals surface area contributed by atoms with Crippen LogP contribution in [0.3, 0.4) is 0 Å². The van der Waals surface area contributed by atoms with Gasteiger partial charge in [-0.2, -0.15) is 13.2 Å². The van der Waals surface area contributed by atoms with E-state index in [0.29, 0.717) is 22.7 Å². The monoisotopic (exact) mass is 601 g/mol. The van der Waals surface area contributed by atoms with E-state index < -0.39 is 29.6 Å². The highest BCUT2D eigenvalue weighted by Crippen LogP contribution is 2.35. The molecule has 0 aliphatic heterocycles. The third kappa shape index (κ3) is 8.25. The maximum atomic E-state index is 13.5. The lowest BCUT2D eigenvalue weighted by molar-refractivity contribution is -0.138. The molecule has 0 spiro atoms. The van der Waals surface area contributed by atoms with Crippen molar-refractivity contribution in [1.29, 1.82) is 0 Å². The molecule has 0 radical (unpaired) electrons. The van der Waals surface area contributed by atoms with Crippen LogP contribution in [0.4, 0.5) is 29.3 Å². The summed E-state index contributed by atoms with van der Waals surface area (Å²) in [7, 11) is 0. The van der Waals surface area contributed by atoms with E-state index in [-0.39, 0.29) is 30.2 Å². The zero-order valence-electron chi connectivity index (χ0n) is 22.7. The van der Waals surface area contributed by atoms with Crippen LogP contribution in [0.5, 0.6) is 0 Å². The van der Waals surface area contributed by atoms with E-state index in [1.165, 1.54) is 29.7 Å². The highest BCUT2D eigenvalue weighted by Gasteiger charge is 2.31. The Kier molecular flexibility index (Phi) is 10.1. The number of carboxylic acid groups (broad SMARTS) is 1. The number of hydrogen-bond acceptors (Lipinski definition) is 3. The van der Waals surface area contributed by atoms with Gasteiger partial charge in [-0.25, -0.2) is 4.79 Å². The number of aliphatic carboxylic acids is 1. The first-order chi connectivity index (χ1) is 20.0. The van der Waals surface area contributed by atoms with Gasteiger partial charge in [0, 0.05) is 17.8 Å². The standard InChI is InChI=1S/C31H31ClF3N3O4/c32-26-15-12-24(31(33,34)35)18-27(26)37-30(42)38(25-13-10-22(11-14-25)21-4-2-1-3-5-21)19-20-6-8-23(9-7-20)29(41)36-17-16-28(39)40/h6-15,18,21H,1-5,16-17,19H2,(H,36,41)(H,37,42)(H,39,40). The topological polar surface area (TPSA) is 98.7 Å². The lowest BCUT2D eigenvalue weighted by Gasteiger charge is -2.26. The number of urea groups is 1. The maximum absolute atomic E-state index is 13.5. The minimum Gasteiger partial charge on any atom is -0.481 e. The first-order valence-electron chi connectivity index (χ1n) is 13.7. The molecule has 1 aliphatic rings. The molecule has 1 saturated carbocycles. The number of amides is 3. The number of alkyl halides is 3. The van der Waals surface area contributed by atoms with Gasteiger partial charge in [-0.15, -0.1) is 0 Å². The molecule has 7 nitrogen and oxygen atoms in total. The number of benzene rings is 3. The van der Waals surface area contributed by atoms with Crippen LogP contribution in [-0.4, -0.2) is 29.6 Å². The van der Waals surface area contributed by atoms with Crippen LogP contribution in [0.25, 0.3) is 0 Å². The predicted octanol–water partition coefficient (Wildman–Crippen LogP) is 7.85. The van der Waals surface area contributed by atoms with Crippen molar-refractivity contribution in [3.8, 4) is 0 Å². The molecule has 3 N–H and O–H groups in total. The SMILES string of the molecule is O=C(O)CCNC(=O)c1ccc(CN(C(=O)Nc2cc(C(F)(F)F)ccc2Cl)c2ccc(C3CCCCC3)cc2)cc1. The summed E-state index contributed by atoms with van der Waals surface area (Å²) < 4.78 is 39.9. The van der Waals surface area contributed by atoms with Gasteiger partial charge in [-0.1, -0.05) is 55.1 Å². The van der Waals surface area contributed by atoms with E-state index in [4.69, 9.17) is 16.7 Å². The Labute approximate surface area is 246 Å². The van der Waals surface area contributed by atoms with Crippen molar-refractivity contribution in [2.45, 2.75) is 57.2 Å². The lowest BCUT2D eigenvalue weighted by atomic mass is 9.84. The summed E-state index contributed by atoms with van der Waals surface area (Å²) >= 11 is 6.14. The Morgan fingerprint density at radius 3 is 2.21 bits per heavy atom. The van der Waals surface area contributed by atoms with Gasteiger partial charge in [0.05, 0.1) is 29.2 Å². The molecule has 0 aromatic heterocycles. The number of nitrogens with one attached hydrogen (secondary N) is 2. The average molecular weight is 602 g/mol. The second-order valence-corrected chi connectivity index (χ2v) is 10.6. The molecular weight excluding hydrogens is 571 g/mol. The predicted molar refractivity (Wildman–Crippen MR) is 155 cm³/mol. The number of rotatable bonds is 9. The van der Waals surface area contributed by atoms with E-state index in [0.717, 1.165) is 31.0 Å². The summed E-state index contributed by atoms with van der Waals surface area (Å²) in [6.07, 6.45) is 0.966. The summed E-state index contributed by atoms with van der Waals surface area (Å²) in [6, 6.07) is 16.1. The summed E-state index contributed by atoms with van der Waals surface area (Å²) in [6.45, 7) is 0.0327. The summed E-state index contributed by atoms with van der Waals surface area (Å²) in [5.41, 5.74) is 1.56. The van der Waals surface area contributed by atoms with Crippen LogP contribution in [-0.2, 0) is 17.5 Å². The molecule has 42 heavy (non-hydrogen) atoms. The molecule has 3 aromatic carbocycles. The summed E-state index contributed by atoms with van der Waals surface area (Å²) in [5.74, 6) is -1.01. The van der Waals surface area contributed by atoms with Crippen molar-refractivity contribution < 1.29 is 32.7 Å². The fourth-order valence-electron chi connectivity index (χ4n) is 4.95. The fraction of sp³-hybridized carbons (Fsp3) is 0.323. The van der Waals surface area contributed by atoms with Crippen LogP contribution >= 0.6 is 11.6 Å². The van der Waals surface area contributed by atoms with Crippen LogP contribution < -0.4 is 15.5 Å². The molecule has 1 aliphatic carbocycles. The molecule has 0 atom stereocenters. The van der Waals surface area contributed by atoms with Gasteiger partial charge in [0.25, 0.3) is 5.91 Å². The number of nitrogens with zero attached hydrogens (tertiary/aromatic N) is 1. The third-order valence-electron chi connectivity index (χ3n) is 7.24. The van der Waals surface area contributed by atoms with Crippen LogP contribution in [0.1, 0.15) is 71.5 Å². The van der Waals surface area contributed by atoms with Gasteiger partial charge < -0.3 is 15.7 Å².